The number of piperidine rings is 1. The van der Waals surface area contributed by atoms with Crippen LogP contribution in [0.25, 0.3) is 0 Å². The van der Waals surface area contributed by atoms with Gasteiger partial charge in [0.1, 0.15) is 0 Å². The van der Waals surface area contributed by atoms with Gasteiger partial charge in [-0.3, -0.25) is 4.79 Å². The summed E-state index contributed by atoms with van der Waals surface area (Å²) in [6, 6.07) is 8.38. The molecule has 20 heavy (non-hydrogen) atoms. The summed E-state index contributed by atoms with van der Waals surface area (Å²) >= 11 is 0. The number of amides is 1. The van der Waals surface area contributed by atoms with Crippen molar-refractivity contribution in [3.63, 3.8) is 0 Å². The smallest absolute Gasteiger partial charge is 0.223 e. The van der Waals surface area contributed by atoms with Gasteiger partial charge in [-0.15, -0.1) is 0 Å². The van der Waals surface area contributed by atoms with Gasteiger partial charge in [-0.1, -0.05) is 31.2 Å². The van der Waals surface area contributed by atoms with Gasteiger partial charge in [0, 0.05) is 12.5 Å². The van der Waals surface area contributed by atoms with E-state index in [-0.39, 0.29) is 11.8 Å². The Bertz CT molecular complexity index is 492. The first-order valence-electron chi connectivity index (χ1n) is 7.80. The first kappa shape index (κ1) is 13.6. The summed E-state index contributed by atoms with van der Waals surface area (Å²) in [5.74, 6) is 0.524. The number of nitrogens with one attached hydrogen (secondary N) is 2. The van der Waals surface area contributed by atoms with Crippen LogP contribution in [0.4, 0.5) is 0 Å². The Morgan fingerprint density at radius 2 is 2.00 bits per heavy atom. The molecule has 1 aliphatic heterocycles. The van der Waals surface area contributed by atoms with Crippen molar-refractivity contribution in [2.24, 2.45) is 11.3 Å². The summed E-state index contributed by atoms with van der Waals surface area (Å²) in [6.45, 7) is 4.98. The molecule has 3 nitrogen and oxygen atoms in total. The fraction of sp³-hybridized carbons (Fsp3) is 0.588. The molecule has 1 aliphatic carbocycles. The molecule has 1 unspecified atom stereocenters. The van der Waals surface area contributed by atoms with E-state index < -0.39 is 0 Å². The van der Waals surface area contributed by atoms with Crippen LogP contribution in [0.5, 0.6) is 0 Å². The fourth-order valence-corrected chi connectivity index (χ4v) is 3.58. The first-order chi connectivity index (χ1) is 9.75. The lowest BCUT2D eigenvalue weighted by molar-refractivity contribution is -0.123. The zero-order chi connectivity index (χ0) is 14.0. The zero-order valence-electron chi connectivity index (χ0n) is 12.2. The number of hydrogen-bond donors (Lipinski definition) is 2. The third-order valence-electron chi connectivity index (χ3n) is 5.06. The topological polar surface area (TPSA) is 41.1 Å². The molecule has 1 aromatic rings. The minimum Gasteiger partial charge on any atom is -0.352 e. The molecule has 1 saturated heterocycles. The van der Waals surface area contributed by atoms with Gasteiger partial charge >= 0.3 is 0 Å². The fourth-order valence-electron chi connectivity index (χ4n) is 3.58. The van der Waals surface area contributed by atoms with Crippen LogP contribution in [0.1, 0.15) is 37.3 Å². The van der Waals surface area contributed by atoms with E-state index in [4.69, 9.17) is 0 Å². The van der Waals surface area contributed by atoms with Crippen LogP contribution >= 0.6 is 0 Å². The maximum Gasteiger partial charge on any atom is 0.223 e. The van der Waals surface area contributed by atoms with Gasteiger partial charge in [-0.25, -0.2) is 0 Å². The first-order valence-corrected chi connectivity index (χ1v) is 7.80. The normalized spacial score (nSPS) is 23.6. The maximum absolute atomic E-state index is 12.3. The molecule has 0 radical (unpaired) electrons. The quantitative estimate of drug-likeness (QED) is 0.882. The van der Waals surface area contributed by atoms with Crippen molar-refractivity contribution in [2.45, 2.75) is 39.2 Å². The molecule has 2 aliphatic rings. The van der Waals surface area contributed by atoms with Gasteiger partial charge in [0.05, 0.1) is 0 Å². The minimum atomic E-state index is 0.262. The minimum absolute atomic E-state index is 0.262. The Balaban J connectivity index is 1.55. The van der Waals surface area contributed by atoms with Gasteiger partial charge < -0.3 is 10.6 Å². The number of hydrogen-bond acceptors (Lipinski definition) is 2. The third kappa shape index (κ3) is 2.59. The monoisotopic (exact) mass is 272 g/mol. The standard InChI is InChI=1S/C17H24N2O/c1-2-13-5-3-4-6-14(13)12-19-16(20)15-11-17(15)7-9-18-10-8-17/h3-6,15,18H,2,7-12H2,1H3,(H,19,20). The Kier molecular flexibility index (Phi) is 3.79. The summed E-state index contributed by atoms with van der Waals surface area (Å²) in [4.78, 5) is 12.3. The van der Waals surface area contributed by atoms with E-state index in [1.807, 2.05) is 6.07 Å². The van der Waals surface area contributed by atoms with Crippen molar-refractivity contribution in [3.8, 4) is 0 Å². The van der Waals surface area contributed by atoms with Gasteiger partial charge in [0.25, 0.3) is 0 Å². The Hall–Kier alpha value is -1.35. The summed E-state index contributed by atoms with van der Waals surface area (Å²) in [5, 5.41) is 6.53. The molecule has 3 heteroatoms. The summed E-state index contributed by atoms with van der Waals surface area (Å²) in [7, 11) is 0. The molecular formula is C17H24N2O. The number of aryl methyl sites for hydroxylation is 1. The van der Waals surface area contributed by atoms with Crippen molar-refractivity contribution in [1.82, 2.24) is 10.6 Å². The van der Waals surface area contributed by atoms with E-state index in [2.05, 4.69) is 35.8 Å². The van der Waals surface area contributed by atoms with Gasteiger partial charge in [-0.2, -0.15) is 0 Å². The average Bonchev–Trinajstić information content (AvgIpc) is 3.19. The van der Waals surface area contributed by atoms with Crippen molar-refractivity contribution in [3.05, 3.63) is 35.4 Å². The number of rotatable bonds is 4. The molecule has 0 bridgehead atoms. The molecule has 1 saturated carbocycles. The van der Waals surface area contributed by atoms with Crippen LogP contribution in [0.15, 0.2) is 24.3 Å². The van der Waals surface area contributed by atoms with Crippen molar-refractivity contribution in [1.29, 1.82) is 0 Å². The van der Waals surface area contributed by atoms with E-state index in [0.29, 0.717) is 12.0 Å². The van der Waals surface area contributed by atoms with E-state index in [1.165, 1.54) is 11.1 Å². The molecule has 1 atom stereocenters. The molecule has 2 fully saturated rings. The highest BCUT2D eigenvalue weighted by molar-refractivity contribution is 5.82. The molecule has 108 valence electrons. The predicted molar refractivity (Wildman–Crippen MR) is 80.3 cm³/mol. The summed E-state index contributed by atoms with van der Waals surface area (Å²) in [5.41, 5.74) is 2.92. The van der Waals surface area contributed by atoms with E-state index in [1.54, 1.807) is 0 Å². The van der Waals surface area contributed by atoms with Crippen LogP contribution in [-0.2, 0) is 17.8 Å². The average molecular weight is 272 g/mol. The van der Waals surface area contributed by atoms with Crippen LogP contribution < -0.4 is 10.6 Å². The SMILES string of the molecule is CCc1ccccc1CNC(=O)C1CC12CCNCC2. The van der Waals surface area contributed by atoms with Crippen LogP contribution in [0.2, 0.25) is 0 Å². The van der Waals surface area contributed by atoms with Crippen molar-refractivity contribution >= 4 is 5.91 Å². The molecule has 3 rings (SSSR count). The summed E-state index contributed by atoms with van der Waals surface area (Å²) < 4.78 is 0. The molecule has 1 amide bonds. The number of carbonyl (C=O) groups excluding carboxylic acids is 1. The van der Waals surface area contributed by atoms with Crippen LogP contribution in [0, 0.1) is 11.3 Å². The Morgan fingerprint density at radius 3 is 2.70 bits per heavy atom. The highest BCUT2D eigenvalue weighted by Crippen LogP contribution is 2.58. The number of carbonyl (C=O) groups is 1. The highest BCUT2D eigenvalue weighted by atomic mass is 16.2. The highest BCUT2D eigenvalue weighted by Gasteiger charge is 2.57. The number of benzene rings is 1. The lowest BCUT2D eigenvalue weighted by Gasteiger charge is -2.23. The maximum atomic E-state index is 12.3. The Morgan fingerprint density at radius 1 is 1.30 bits per heavy atom. The summed E-state index contributed by atoms with van der Waals surface area (Å²) in [6.07, 6.45) is 4.44. The second-order valence-electron chi connectivity index (χ2n) is 6.21. The van der Waals surface area contributed by atoms with Gasteiger partial charge in [-0.05, 0) is 55.3 Å². The second kappa shape index (κ2) is 5.57. The van der Waals surface area contributed by atoms with E-state index in [9.17, 15) is 4.79 Å². The zero-order valence-corrected chi connectivity index (χ0v) is 12.2. The molecule has 2 N–H and O–H groups in total. The molecule has 1 spiro atoms. The Labute approximate surface area is 121 Å². The lowest BCUT2D eigenvalue weighted by Crippen LogP contribution is -2.33. The second-order valence-corrected chi connectivity index (χ2v) is 6.21. The molecular weight excluding hydrogens is 248 g/mol. The van der Waals surface area contributed by atoms with Crippen LogP contribution in [0.3, 0.4) is 0 Å². The van der Waals surface area contributed by atoms with Crippen molar-refractivity contribution < 1.29 is 4.79 Å². The molecule has 0 aromatic heterocycles. The van der Waals surface area contributed by atoms with E-state index >= 15 is 0 Å². The van der Waals surface area contributed by atoms with Gasteiger partial charge in [0.2, 0.25) is 5.91 Å². The molecule has 1 aromatic carbocycles. The van der Waals surface area contributed by atoms with Crippen LogP contribution in [-0.4, -0.2) is 19.0 Å². The lowest BCUT2D eigenvalue weighted by atomic mass is 9.92. The predicted octanol–water partition coefficient (Wildman–Crippen LogP) is 2.25. The third-order valence-corrected chi connectivity index (χ3v) is 5.06. The van der Waals surface area contributed by atoms with Crippen molar-refractivity contribution in [2.75, 3.05) is 13.1 Å². The largest absolute Gasteiger partial charge is 0.352 e. The van der Waals surface area contributed by atoms with E-state index in [0.717, 1.165) is 38.8 Å². The molecule has 1 heterocycles. The van der Waals surface area contributed by atoms with Gasteiger partial charge in [0.15, 0.2) is 0 Å².